The van der Waals surface area contributed by atoms with Crippen LogP contribution in [0.4, 0.5) is 0 Å². The van der Waals surface area contributed by atoms with Crippen molar-refractivity contribution in [1.82, 2.24) is 35.0 Å². The third kappa shape index (κ3) is 2.70. The molecule has 0 saturated heterocycles. The number of pyridine rings is 2. The van der Waals surface area contributed by atoms with Crippen molar-refractivity contribution >= 4 is 17.1 Å². The SMILES string of the molecule is O=C(NCc1nc2ncccc2o1)c1cccc(-n2cnnc2)n1. The number of amides is 1. The van der Waals surface area contributed by atoms with Gasteiger partial charge in [-0.1, -0.05) is 6.07 Å². The molecule has 0 radical (unpaired) electrons. The largest absolute Gasteiger partial charge is 0.437 e. The first-order valence-electron chi connectivity index (χ1n) is 7.10. The number of aromatic nitrogens is 6. The molecular weight excluding hydrogens is 310 g/mol. The van der Waals surface area contributed by atoms with Gasteiger partial charge >= 0.3 is 0 Å². The van der Waals surface area contributed by atoms with E-state index in [9.17, 15) is 4.79 Å². The Bertz CT molecular complexity index is 961. The van der Waals surface area contributed by atoms with Crippen molar-refractivity contribution in [3.05, 3.63) is 60.8 Å². The fourth-order valence-electron chi connectivity index (χ4n) is 2.15. The Balaban J connectivity index is 1.49. The molecule has 4 aromatic rings. The Hall–Kier alpha value is -3.62. The Morgan fingerprint density at radius 1 is 1.12 bits per heavy atom. The normalized spacial score (nSPS) is 10.8. The summed E-state index contributed by atoms with van der Waals surface area (Å²) in [4.78, 5) is 24.8. The van der Waals surface area contributed by atoms with Crippen LogP contribution in [0.2, 0.25) is 0 Å². The highest BCUT2D eigenvalue weighted by Gasteiger charge is 2.11. The first-order valence-corrected chi connectivity index (χ1v) is 7.10. The Labute approximate surface area is 135 Å². The Morgan fingerprint density at radius 2 is 2.00 bits per heavy atom. The number of hydrogen-bond donors (Lipinski definition) is 1. The van der Waals surface area contributed by atoms with Gasteiger partial charge in [-0.25, -0.2) is 9.97 Å². The zero-order chi connectivity index (χ0) is 16.4. The molecule has 0 unspecified atom stereocenters. The summed E-state index contributed by atoms with van der Waals surface area (Å²) in [6, 6.07) is 8.64. The summed E-state index contributed by atoms with van der Waals surface area (Å²) in [5.74, 6) is 0.603. The topological polar surface area (TPSA) is 112 Å². The lowest BCUT2D eigenvalue weighted by atomic mass is 10.3. The summed E-state index contributed by atoms with van der Waals surface area (Å²) in [7, 11) is 0. The number of carbonyl (C=O) groups is 1. The van der Waals surface area contributed by atoms with E-state index >= 15 is 0 Å². The van der Waals surface area contributed by atoms with Crippen molar-refractivity contribution in [2.75, 3.05) is 0 Å². The second-order valence-electron chi connectivity index (χ2n) is 4.87. The lowest BCUT2D eigenvalue weighted by Crippen LogP contribution is -2.24. The number of fused-ring (bicyclic) bond motifs is 1. The van der Waals surface area contributed by atoms with Crippen molar-refractivity contribution in [2.45, 2.75) is 6.54 Å². The van der Waals surface area contributed by atoms with E-state index in [0.29, 0.717) is 22.9 Å². The Morgan fingerprint density at radius 3 is 2.83 bits per heavy atom. The van der Waals surface area contributed by atoms with Crippen LogP contribution in [0.1, 0.15) is 16.4 Å². The van der Waals surface area contributed by atoms with Crippen LogP contribution in [0.5, 0.6) is 0 Å². The first-order chi connectivity index (χ1) is 11.8. The highest BCUT2D eigenvalue weighted by molar-refractivity contribution is 5.92. The fraction of sp³-hybridized carbons (Fsp3) is 0.0667. The maximum atomic E-state index is 12.3. The fourth-order valence-corrected chi connectivity index (χ4v) is 2.15. The van der Waals surface area contributed by atoms with Crippen LogP contribution >= 0.6 is 0 Å². The van der Waals surface area contributed by atoms with Crippen LogP contribution in [-0.2, 0) is 6.54 Å². The second-order valence-corrected chi connectivity index (χ2v) is 4.87. The molecule has 4 aromatic heterocycles. The van der Waals surface area contributed by atoms with Crippen LogP contribution in [-0.4, -0.2) is 35.6 Å². The van der Waals surface area contributed by atoms with E-state index in [4.69, 9.17) is 4.42 Å². The van der Waals surface area contributed by atoms with E-state index in [1.165, 1.54) is 12.7 Å². The molecule has 0 aliphatic rings. The van der Waals surface area contributed by atoms with Gasteiger partial charge in [0.05, 0.1) is 6.54 Å². The predicted octanol–water partition coefficient (Wildman–Crippen LogP) is 1.13. The first kappa shape index (κ1) is 14.0. The van der Waals surface area contributed by atoms with Crippen molar-refractivity contribution in [3.63, 3.8) is 0 Å². The summed E-state index contributed by atoms with van der Waals surface area (Å²) < 4.78 is 7.12. The minimum atomic E-state index is -0.333. The maximum absolute atomic E-state index is 12.3. The van der Waals surface area contributed by atoms with Gasteiger partial charge < -0.3 is 9.73 Å². The lowest BCUT2D eigenvalue weighted by Gasteiger charge is -2.04. The van der Waals surface area contributed by atoms with Crippen LogP contribution in [0, 0.1) is 0 Å². The number of carbonyl (C=O) groups excluding carboxylic acids is 1. The molecule has 0 aliphatic carbocycles. The van der Waals surface area contributed by atoms with Crippen LogP contribution in [0.15, 0.2) is 53.6 Å². The summed E-state index contributed by atoms with van der Waals surface area (Å²) in [6.07, 6.45) is 4.65. The standard InChI is InChI=1S/C15H11N7O2/c23-15(10-3-1-5-12(20-10)22-8-18-19-9-22)17-7-13-21-14-11(24-13)4-2-6-16-14/h1-6,8-9H,7H2,(H,17,23). The highest BCUT2D eigenvalue weighted by Crippen LogP contribution is 2.12. The van der Waals surface area contributed by atoms with Gasteiger partial charge in [-0.3, -0.25) is 9.36 Å². The minimum Gasteiger partial charge on any atom is -0.437 e. The molecule has 1 amide bonds. The molecule has 9 nitrogen and oxygen atoms in total. The maximum Gasteiger partial charge on any atom is 0.270 e. The van der Waals surface area contributed by atoms with Gasteiger partial charge in [-0.05, 0) is 24.3 Å². The zero-order valence-corrected chi connectivity index (χ0v) is 12.3. The summed E-state index contributed by atoms with van der Waals surface area (Å²) in [6.45, 7) is 0.147. The lowest BCUT2D eigenvalue weighted by molar-refractivity contribution is 0.0942. The van der Waals surface area contributed by atoms with E-state index in [0.717, 1.165) is 0 Å². The third-order valence-electron chi connectivity index (χ3n) is 3.26. The molecule has 0 atom stereocenters. The van der Waals surface area contributed by atoms with E-state index in [2.05, 4.69) is 30.5 Å². The molecule has 4 rings (SSSR count). The van der Waals surface area contributed by atoms with Gasteiger partial charge in [0.15, 0.2) is 11.2 Å². The zero-order valence-electron chi connectivity index (χ0n) is 12.3. The van der Waals surface area contributed by atoms with Crippen LogP contribution in [0.3, 0.4) is 0 Å². The van der Waals surface area contributed by atoms with E-state index < -0.39 is 0 Å². The molecular formula is C15H11N7O2. The van der Waals surface area contributed by atoms with Crippen LogP contribution in [0.25, 0.3) is 17.0 Å². The van der Waals surface area contributed by atoms with Crippen LogP contribution < -0.4 is 5.32 Å². The van der Waals surface area contributed by atoms with Crippen molar-refractivity contribution < 1.29 is 9.21 Å². The number of rotatable bonds is 4. The minimum absolute atomic E-state index is 0.147. The summed E-state index contributed by atoms with van der Waals surface area (Å²) in [5, 5.41) is 10.2. The average Bonchev–Trinajstić information content (AvgIpc) is 3.29. The molecule has 9 heteroatoms. The summed E-state index contributed by atoms with van der Waals surface area (Å²) in [5.41, 5.74) is 1.36. The van der Waals surface area contributed by atoms with Gasteiger partial charge in [0.1, 0.15) is 24.2 Å². The molecule has 118 valence electrons. The van der Waals surface area contributed by atoms with Crippen molar-refractivity contribution in [3.8, 4) is 5.82 Å². The van der Waals surface area contributed by atoms with Gasteiger partial charge in [0.2, 0.25) is 5.89 Å². The highest BCUT2D eigenvalue weighted by atomic mass is 16.3. The van der Waals surface area contributed by atoms with Crippen molar-refractivity contribution in [2.24, 2.45) is 0 Å². The molecule has 0 aliphatic heterocycles. The molecule has 24 heavy (non-hydrogen) atoms. The molecule has 1 N–H and O–H groups in total. The molecule has 0 aromatic carbocycles. The van der Waals surface area contributed by atoms with Gasteiger partial charge in [-0.2, -0.15) is 4.98 Å². The average molecular weight is 321 g/mol. The molecule has 4 heterocycles. The Kier molecular flexibility index (Phi) is 3.43. The quantitative estimate of drug-likeness (QED) is 0.599. The van der Waals surface area contributed by atoms with Crippen molar-refractivity contribution in [1.29, 1.82) is 0 Å². The van der Waals surface area contributed by atoms with Gasteiger partial charge in [0.25, 0.3) is 5.91 Å². The van der Waals surface area contributed by atoms with Gasteiger partial charge in [-0.15, -0.1) is 10.2 Å². The van der Waals surface area contributed by atoms with E-state index in [-0.39, 0.29) is 18.1 Å². The molecule has 0 spiro atoms. The molecule has 0 saturated carbocycles. The molecule has 0 fully saturated rings. The van der Waals surface area contributed by atoms with E-state index in [1.807, 2.05) is 0 Å². The number of nitrogens with zero attached hydrogens (tertiary/aromatic N) is 6. The van der Waals surface area contributed by atoms with Gasteiger partial charge in [0, 0.05) is 6.20 Å². The monoisotopic (exact) mass is 321 g/mol. The predicted molar refractivity (Wildman–Crippen MR) is 82.1 cm³/mol. The number of oxazole rings is 1. The smallest absolute Gasteiger partial charge is 0.270 e. The third-order valence-corrected chi connectivity index (χ3v) is 3.26. The van der Waals surface area contributed by atoms with E-state index in [1.54, 1.807) is 41.1 Å². The molecule has 0 bridgehead atoms. The number of hydrogen-bond acceptors (Lipinski definition) is 7. The second kappa shape index (κ2) is 5.88. The summed E-state index contributed by atoms with van der Waals surface area (Å²) >= 11 is 0. The number of nitrogens with one attached hydrogen (secondary N) is 1.